The first-order valence-electron chi connectivity index (χ1n) is 12.7. The van der Waals surface area contributed by atoms with Crippen LogP contribution in [0.15, 0.2) is 18.2 Å². The van der Waals surface area contributed by atoms with E-state index < -0.39 is 11.4 Å². The molecule has 0 radical (unpaired) electrons. The van der Waals surface area contributed by atoms with Crippen LogP contribution in [0, 0.1) is 17.7 Å². The first-order valence-corrected chi connectivity index (χ1v) is 13.1. The molecule has 1 saturated heterocycles. The molecule has 1 heterocycles. The number of amides is 2. The molecule has 0 unspecified atom stereocenters. The third kappa shape index (κ3) is 7.29. The first-order chi connectivity index (χ1) is 16.8. The van der Waals surface area contributed by atoms with Crippen LogP contribution in [0.3, 0.4) is 0 Å². The van der Waals surface area contributed by atoms with Gasteiger partial charge in [-0.25, -0.2) is 9.18 Å². The lowest BCUT2D eigenvalue weighted by atomic mass is 9.74. The normalized spacial score (nSPS) is 25.0. The second-order valence-corrected chi connectivity index (χ2v) is 10.5. The lowest BCUT2D eigenvalue weighted by molar-refractivity contribution is -0.0587. The Balaban J connectivity index is 1.61. The molecular weight excluding hydrogens is 473 g/mol. The Labute approximate surface area is 213 Å². The molecule has 1 aliphatic heterocycles. The minimum Gasteiger partial charge on any atom is -0.385 e. The maximum absolute atomic E-state index is 15.0. The number of urea groups is 1. The summed E-state index contributed by atoms with van der Waals surface area (Å²) < 4.78 is 25.5. The number of nitrogens with two attached hydrogens (primary N) is 1. The highest BCUT2D eigenvalue weighted by Crippen LogP contribution is 2.42. The number of nitrogens with one attached hydrogen (secondary N) is 1. The molecule has 35 heavy (non-hydrogen) atoms. The topological polar surface area (TPSA) is 97.1 Å². The highest BCUT2D eigenvalue weighted by molar-refractivity contribution is 6.30. The van der Waals surface area contributed by atoms with E-state index in [4.69, 9.17) is 26.8 Å². The van der Waals surface area contributed by atoms with Crippen LogP contribution >= 0.6 is 11.6 Å². The fourth-order valence-electron chi connectivity index (χ4n) is 5.49. The summed E-state index contributed by atoms with van der Waals surface area (Å²) >= 11 is 6.06. The van der Waals surface area contributed by atoms with Gasteiger partial charge < -0.3 is 30.5 Å². The number of carbonyl (C=O) groups is 1. The summed E-state index contributed by atoms with van der Waals surface area (Å²) in [6.45, 7) is 1.90. The van der Waals surface area contributed by atoms with Crippen LogP contribution in [0.2, 0.25) is 5.02 Å². The van der Waals surface area contributed by atoms with E-state index in [2.05, 4.69) is 5.32 Å². The third-order valence-electron chi connectivity index (χ3n) is 7.64. The second-order valence-electron chi connectivity index (χ2n) is 10.1. The smallest absolute Gasteiger partial charge is 0.317 e. The molecule has 198 valence electrons. The number of ether oxygens (including phenoxy) is 2. The van der Waals surface area contributed by atoms with Crippen LogP contribution in [0.1, 0.15) is 56.9 Å². The molecule has 9 heteroatoms. The Bertz CT molecular complexity index is 826. The van der Waals surface area contributed by atoms with E-state index in [9.17, 15) is 9.90 Å². The Hall–Kier alpha value is -1.45. The number of likely N-dealkylation sites (tertiary alicyclic amines) is 1. The van der Waals surface area contributed by atoms with Crippen molar-refractivity contribution in [2.24, 2.45) is 17.6 Å². The summed E-state index contributed by atoms with van der Waals surface area (Å²) in [6.07, 6.45) is 6.45. The molecule has 0 aromatic heterocycles. The number of halogens is 2. The van der Waals surface area contributed by atoms with E-state index in [1.165, 1.54) is 6.07 Å². The van der Waals surface area contributed by atoms with Gasteiger partial charge in [0, 0.05) is 58.0 Å². The van der Waals surface area contributed by atoms with Gasteiger partial charge in [0.1, 0.15) is 5.82 Å². The zero-order valence-corrected chi connectivity index (χ0v) is 21.7. The standard InChI is InChI=1S/C26H41ClFN3O4/c1-34-12-4-3-10-26(33,22-8-5-9-23(27)24(22)28)19-7-6-11-31(17-19)25(32)30-16-20(29)13-18-14-21(15-18)35-2/h5,8-9,18-21,33H,3-4,6-7,10-17,29H2,1-2H3,(H,30,32)/t18?,19-,20+,21?,26+/m1/s1. The van der Waals surface area contributed by atoms with Crippen molar-refractivity contribution in [3.63, 3.8) is 0 Å². The summed E-state index contributed by atoms with van der Waals surface area (Å²) in [5, 5.41) is 14.8. The lowest BCUT2D eigenvalue weighted by Gasteiger charge is -2.43. The Morgan fingerprint density at radius 1 is 1.37 bits per heavy atom. The molecule has 1 aromatic carbocycles. The number of carbonyl (C=O) groups excluding carboxylic acids is 1. The summed E-state index contributed by atoms with van der Waals surface area (Å²) in [7, 11) is 3.36. The first kappa shape index (κ1) is 28.1. The van der Waals surface area contributed by atoms with E-state index in [0.717, 1.165) is 32.1 Å². The Morgan fingerprint density at radius 2 is 2.14 bits per heavy atom. The predicted octanol–water partition coefficient (Wildman–Crippen LogP) is 4.05. The number of methoxy groups -OCH3 is 2. The average Bonchev–Trinajstić information content (AvgIpc) is 2.84. The third-order valence-corrected chi connectivity index (χ3v) is 7.93. The fraction of sp³-hybridized carbons (Fsp3) is 0.731. The molecule has 1 aliphatic carbocycles. The SMILES string of the molecule is COCCCC[C@@](O)(c1cccc(Cl)c1F)[C@@H]1CCCN(C(=O)NC[C@@H](N)CC2CC(OC)C2)C1. The van der Waals surface area contributed by atoms with Gasteiger partial charge in [0.15, 0.2) is 0 Å². The van der Waals surface area contributed by atoms with E-state index in [1.807, 2.05) is 0 Å². The summed E-state index contributed by atoms with van der Waals surface area (Å²) in [6, 6.07) is 4.44. The number of piperidine rings is 1. The van der Waals surface area contributed by atoms with E-state index in [-0.39, 0.29) is 28.6 Å². The summed E-state index contributed by atoms with van der Waals surface area (Å²) in [5.74, 6) is -0.360. The highest BCUT2D eigenvalue weighted by Gasteiger charge is 2.43. The van der Waals surface area contributed by atoms with Gasteiger partial charge >= 0.3 is 6.03 Å². The van der Waals surface area contributed by atoms with Crippen molar-refractivity contribution in [1.29, 1.82) is 0 Å². The quantitative estimate of drug-likeness (QED) is 0.366. The molecule has 0 bridgehead atoms. The van der Waals surface area contributed by atoms with Gasteiger partial charge in [-0.2, -0.15) is 0 Å². The summed E-state index contributed by atoms with van der Waals surface area (Å²) in [5.41, 5.74) is 5.02. The molecule has 2 amide bonds. The highest BCUT2D eigenvalue weighted by atomic mass is 35.5. The number of nitrogens with zero attached hydrogens (tertiary/aromatic N) is 1. The molecule has 7 nitrogen and oxygen atoms in total. The number of hydrogen-bond acceptors (Lipinski definition) is 5. The van der Waals surface area contributed by atoms with E-state index in [1.54, 1.807) is 31.3 Å². The van der Waals surface area contributed by atoms with Crippen LogP contribution < -0.4 is 11.1 Å². The lowest BCUT2D eigenvalue weighted by Crippen LogP contribution is -2.52. The van der Waals surface area contributed by atoms with Crippen molar-refractivity contribution < 1.29 is 23.8 Å². The zero-order valence-electron chi connectivity index (χ0n) is 21.0. The van der Waals surface area contributed by atoms with Crippen molar-refractivity contribution in [3.05, 3.63) is 34.6 Å². The Kier molecular flexibility index (Phi) is 10.6. The van der Waals surface area contributed by atoms with Crippen LogP contribution in [-0.2, 0) is 15.1 Å². The monoisotopic (exact) mass is 513 g/mol. The molecule has 2 fully saturated rings. The largest absolute Gasteiger partial charge is 0.385 e. The van der Waals surface area contributed by atoms with Crippen molar-refractivity contribution in [1.82, 2.24) is 10.2 Å². The van der Waals surface area contributed by atoms with Gasteiger partial charge in [0.05, 0.1) is 16.7 Å². The van der Waals surface area contributed by atoms with Gasteiger partial charge in [-0.05, 0) is 63.4 Å². The van der Waals surface area contributed by atoms with Crippen LogP contribution in [0.5, 0.6) is 0 Å². The van der Waals surface area contributed by atoms with Crippen molar-refractivity contribution in [2.45, 2.75) is 69.1 Å². The number of aliphatic hydroxyl groups is 1. The average molecular weight is 514 g/mol. The van der Waals surface area contributed by atoms with Gasteiger partial charge in [-0.1, -0.05) is 23.7 Å². The minimum absolute atomic E-state index is 0.0134. The predicted molar refractivity (Wildman–Crippen MR) is 135 cm³/mol. The minimum atomic E-state index is -1.43. The number of hydrogen-bond donors (Lipinski definition) is 3. The van der Waals surface area contributed by atoms with Crippen molar-refractivity contribution in [3.8, 4) is 0 Å². The van der Waals surface area contributed by atoms with Gasteiger partial charge in [-0.15, -0.1) is 0 Å². The zero-order chi connectivity index (χ0) is 25.4. The van der Waals surface area contributed by atoms with Gasteiger partial charge in [0.2, 0.25) is 0 Å². The molecule has 3 atom stereocenters. The molecule has 1 saturated carbocycles. The molecular formula is C26H41ClFN3O4. The molecule has 4 N–H and O–H groups in total. The number of rotatable bonds is 12. The van der Waals surface area contributed by atoms with Crippen LogP contribution in [0.25, 0.3) is 0 Å². The van der Waals surface area contributed by atoms with Crippen molar-refractivity contribution in [2.75, 3.05) is 40.5 Å². The van der Waals surface area contributed by atoms with Crippen molar-refractivity contribution >= 4 is 17.6 Å². The Morgan fingerprint density at radius 3 is 2.86 bits per heavy atom. The van der Waals surface area contributed by atoms with Gasteiger partial charge in [0.25, 0.3) is 0 Å². The van der Waals surface area contributed by atoms with E-state index in [0.29, 0.717) is 57.5 Å². The maximum atomic E-state index is 15.0. The fourth-order valence-corrected chi connectivity index (χ4v) is 5.66. The summed E-state index contributed by atoms with van der Waals surface area (Å²) in [4.78, 5) is 14.7. The van der Waals surface area contributed by atoms with Crippen LogP contribution in [-0.4, -0.2) is 68.6 Å². The maximum Gasteiger partial charge on any atom is 0.317 e. The number of unbranched alkanes of at least 4 members (excludes halogenated alkanes) is 1. The van der Waals surface area contributed by atoms with Gasteiger partial charge in [-0.3, -0.25) is 0 Å². The molecule has 1 aromatic rings. The molecule has 0 spiro atoms. The molecule has 3 rings (SSSR count). The second kappa shape index (κ2) is 13.2. The van der Waals surface area contributed by atoms with Crippen LogP contribution in [0.4, 0.5) is 9.18 Å². The number of benzene rings is 1. The molecule has 2 aliphatic rings. The van der Waals surface area contributed by atoms with E-state index >= 15 is 4.39 Å².